The summed E-state index contributed by atoms with van der Waals surface area (Å²) in [5, 5.41) is 15.0. The van der Waals surface area contributed by atoms with Crippen LogP contribution in [0, 0.1) is 10.1 Å². The van der Waals surface area contributed by atoms with Crippen molar-refractivity contribution in [3.05, 3.63) is 70.5 Å². The van der Waals surface area contributed by atoms with Gasteiger partial charge >= 0.3 is 0 Å². The molecule has 0 radical (unpaired) electrons. The lowest BCUT2D eigenvalue weighted by Gasteiger charge is -2.12. The molecule has 2 aromatic carbocycles. The largest absolute Gasteiger partial charge is 0.459 e. The van der Waals surface area contributed by atoms with Crippen molar-refractivity contribution in [2.24, 2.45) is 0 Å². The van der Waals surface area contributed by atoms with Crippen molar-refractivity contribution < 1.29 is 9.34 Å². The van der Waals surface area contributed by atoms with Crippen molar-refractivity contribution in [1.29, 1.82) is 0 Å². The summed E-state index contributed by atoms with van der Waals surface area (Å²) in [4.78, 5) is 10.2. The second-order valence-electron chi connectivity index (χ2n) is 4.86. The standard InChI is InChI=1S/C16H14N2O3/c1-11(16-10-12-4-2-3-5-15(12)21-16)17-13-6-8-14(9-7-13)18(19)20/h2-11,17H,1H3. The minimum absolute atomic E-state index is 0.0288. The summed E-state index contributed by atoms with van der Waals surface area (Å²) in [7, 11) is 0. The third kappa shape index (κ3) is 2.72. The van der Waals surface area contributed by atoms with Crippen LogP contribution < -0.4 is 5.32 Å². The number of rotatable bonds is 4. The summed E-state index contributed by atoms with van der Waals surface area (Å²) in [6.07, 6.45) is 0. The third-order valence-corrected chi connectivity index (χ3v) is 3.33. The average Bonchev–Trinajstić information content (AvgIpc) is 2.92. The number of hydrogen-bond donors (Lipinski definition) is 1. The van der Waals surface area contributed by atoms with E-state index in [4.69, 9.17) is 4.42 Å². The summed E-state index contributed by atoms with van der Waals surface area (Å²) >= 11 is 0. The Balaban J connectivity index is 1.78. The molecule has 3 aromatic rings. The van der Waals surface area contributed by atoms with E-state index in [0.717, 1.165) is 22.4 Å². The summed E-state index contributed by atoms with van der Waals surface area (Å²) in [6.45, 7) is 1.99. The normalized spacial score (nSPS) is 12.2. The number of anilines is 1. The van der Waals surface area contributed by atoms with E-state index in [1.54, 1.807) is 12.1 Å². The number of nitrogens with zero attached hydrogens (tertiary/aromatic N) is 1. The molecular weight excluding hydrogens is 268 g/mol. The van der Waals surface area contributed by atoms with E-state index >= 15 is 0 Å². The zero-order valence-corrected chi connectivity index (χ0v) is 11.4. The van der Waals surface area contributed by atoms with E-state index in [2.05, 4.69) is 5.32 Å². The number of hydrogen-bond acceptors (Lipinski definition) is 4. The highest BCUT2D eigenvalue weighted by molar-refractivity contribution is 5.77. The number of benzene rings is 2. The van der Waals surface area contributed by atoms with Gasteiger partial charge in [0.25, 0.3) is 5.69 Å². The summed E-state index contributed by atoms with van der Waals surface area (Å²) in [5.74, 6) is 0.828. The molecule has 0 spiro atoms. The Morgan fingerprint density at radius 3 is 2.52 bits per heavy atom. The maximum Gasteiger partial charge on any atom is 0.269 e. The van der Waals surface area contributed by atoms with Crippen LogP contribution in [0.15, 0.2) is 59.0 Å². The highest BCUT2D eigenvalue weighted by atomic mass is 16.6. The molecule has 0 amide bonds. The Kier molecular flexibility index (Phi) is 3.31. The van der Waals surface area contributed by atoms with Gasteiger partial charge in [0.05, 0.1) is 11.0 Å². The molecule has 5 heteroatoms. The molecule has 1 heterocycles. The van der Waals surface area contributed by atoms with Gasteiger partial charge in [-0.1, -0.05) is 18.2 Å². The number of non-ortho nitro benzene ring substituents is 1. The van der Waals surface area contributed by atoms with Gasteiger partial charge in [0.1, 0.15) is 11.3 Å². The van der Waals surface area contributed by atoms with Crippen LogP contribution in [0.25, 0.3) is 11.0 Å². The van der Waals surface area contributed by atoms with Gasteiger partial charge in [-0.05, 0) is 31.2 Å². The molecule has 106 valence electrons. The molecule has 0 aliphatic carbocycles. The van der Waals surface area contributed by atoms with Crippen LogP contribution in [-0.2, 0) is 0 Å². The topological polar surface area (TPSA) is 68.3 Å². The number of furan rings is 1. The van der Waals surface area contributed by atoms with E-state index in [1.807, 2.05) is 37.3 Å². The Labute approximate surface area is 121 Å². The molecule has 0 aliphatic rings. The van der Waals surface area contributed by atoms with E-state index in [0.29, 0.717) is 0 Å². The highest BCUT2D eigenvalue weighted by Crippen LogP contribution is 2.26. The zero-order valence-electron chi connectivity index (χ0n) is 11.4. The average molecular weight is 282 g/mol. The van der Waals surface area contributed by atoms with Crippen LogP contribution >= 0.6 is 0 Å². The number of nitro benzene ring substituents is 1. The lowest BCUT2D eigenvalue weighted by Crippen LogP contribution is -2.05. The van der Waals surface area contributed by atoms with Crippen molar-refractivity contribution in [1.82, 2.24) is 0 Å². The molecular formula is C16H14N2O3. The Morgan fingerprint density at radius 2 is 1.86 bits per heavy atom. The van der Waals surface area contributed by atoms with Gasteiger partial charge in [-0.25, -0.2) is 0 Å². The number of nitro groups is 1. The van der Waals surface area contributed by atoms with Crippen LogP contribution in [0.3, 0.4) is 0 Å². The van der Waals surface area contributed by atoms with Gasteiger partial charge in [-0.2, -0.15) is 0 Å². The van der Waals surface area contributed by atoms with Gasteiger partial charge in [0.15, 0.2) is 0 Å². The minimum atomic E-state index is -0.410. The molecule has 0 saturated heterocycles. The highest BCUT2D eigenvalue weighted by Gasteiger charge is 2.12. The quantitative estimate of drug-likeness (QED) is 0.564. The molecule has 3 rings (SSSR count). The fraction of sp³-hybridized carbons (Fsp3) is 0.125. The SMILES string of the molecule is CC(Nc1ccc([N+](=O)[O-])cc1)c1cc2ccccc2o1. The summed E-state index contributed by atoms with van der Waals surface area (Å²) in [6, 6.07) is 16.1. The molecule has 1 N–H and O–H groups in total. The number of nitrogens with one attached hydrogen (secondary N) is 1. The van der Waals surface area contributed by atoms with E-state index in [9.17, 15) is 10.1 Å². The van der Waals surface area contributed by atoms with Crippen LogP contribution in [0.1, 0.15) is 18.7 Å². The maximum atomic E-state index is 10.6. The van der Waals surface area contributed by atoms with Crippen molar-refractivity contribution in [3.8, 4) is 0 Å². The van der Waals surface area contributed by atoms with Crippen LogP contribution in [0.5, 0.6) is 0 Å². The summed E-state index contributed by atoms with van der Waals surface area (Å²) < 4.78 is 5.79. The smallest absolute Gasteiger partial charge is 0.269 e. The molecule has 0 aliphatic heterocycles. The summed E-state index contributed by atoms with van der Waals surface area (Å²) in [5.41, 5.74) is 1.75. The molecule has 0 bridgehead atoms. The predicted molar refractivity (Wildman–Crippen MR) is 81.3 cm³/mol. The first-order chi connectivity index (χ1) is 10.1. The van der Waals surface area contributed by atoms with Crippen molar-refractivity contribution in [2.75, 3.05) is 5.32 Å². The molecule has 5 nitrogen and oxygen atoms in total. The molecule has 1 atom stereocenters. The lowest BCUT2D eigenvalue weighted by molar-refractivity contribution is -0.384. The molecule has 21 heavy (non-hydrogen) atoms. The first-order valence-corrected chi connectivity index (χ1v) is 6.63. The third-order valence-electron chi connectivity index (χ3n) is 3.33. The van der Waals surface area contributed by atoms with Gasteiger partial charge in [0, 0.05) is 23.2 Å². The first kappa shape index (κ1) is 13.2. The van der Waals surface area contributed by atoms with Crippen molar-refractivity contribution in [2.45, 2.75) is 13.0 Å². The van der Waals surface area contributed by atoms with Gasteiger partial charge in [-0.3, -0.25) is 10.1 Å². The Morgan fingerprint density at radius 1 is 1.14 bits per heavy atom. The monoisotopic (exact) mass is 282 g/mol. The van der Waals surface area contributed by atoms with E-state index < -0.39 is 4.92 Å². The van der Waals surface area contributed by atoms with Crippen molar-refractivity contribution >= 4 is 22.3 Å². The fourth-order valence-corrected chi connectivity index (χ4v) is 2.22. The molecule has 1 unspecified atom stereocenters. The molecule has 1 aromatic heterocycles. The van der Waals surface area contributed by atoms with Crippen LogP contribution in [0.4, 0.5) is 11.4 Å². The van der Waals surface area contributed by atoms with Gasteiger partial charge in [-0.15, -0.1) is 0 Å². The van der Waals surface area contributed by atoms with Crippen LogP contribution in [0.2, 0.25) is 0 Å². The first-order valence-electron chi connectivity index (χ1n) is 6.63. The predicted octanol–water partition coefficient (Wildman–Crippen LogP) is 4.51. The van der Waals surface area contributed by atoms with E-state index in [1.165, 1.54) is 12.1 Å². The minimum Gasteiger partial charge on any atom is -0.459 e. The Bertz CT molecular complexity index is 745. The van der Waals surface area contributed by atoms with Gasteiger partial charge in [0.2, 0.25) is 0 Å². The van der Waals surface area contributed by atoms with E-state index in [-0.39, 0.29) is 11.7 Å². The molecule has 0 fully saturated rings. The number of para-hydroxylation sites is 1. The maximum absolute atomic E-state index is 10.6. The van der Waals surface area contributed by atoms with Crippen LogP contribution in [-0.4, -0.2) is 4.92 Å². The van der Waals surface area contributed by atoms with Crippen molar-refractivity contribution in [3.63, 3.8) is 0 Å². The Hall–Kier alpha value is -2.82. The fourth-order valence-electron chi connectivity index (χ4n) is 2.22. The van der Waals surface area contributed by atoms with Gasteiger partial charge < -0.3 is 9.73 Å². The molecule has 0 saturated carbocycles. The number of fused-ring (bicyclic) bond motifs is 1. The second kappa shape index (κ2) is 5.28. The lowest BCUT2D eigenvalue weighted by atomic mass is 10.2. The zero-order chi connectivity index (χ0) is 14.8. The second-order valence-corrected chi connectivity index (χ2v) is 4.86.